The summed E-state index contributed by atoms with van der Waals surface area (Å²) in [6.07, 6.45) is 9.79. The number of rotatable bonds is 0. The fourth-order valence-electron chi connectivity index (χ4n) is 6.37. The quantitative estimate of drug-likeness (QED) is 0.633. The number of carbonyl (C=O) groups excluding carboxylic acids is 1. The Hall–Kier alpha value is -0.310. The van der Waals surface area contributed by atoms with E-state index in [4.69, 9.17) is 23.2 Å². The minimum absolute atomic E-state index is 0.0526. The van der Waals surface area contributed by atoms with E-state index in [0.717, 1.165) is 37.7 Å². The average Bonchev–Trinajstić information content (AvgIpc) is 2.72. The Morgan fingerprint density at radius 2 is 1.92 bits per heavy atom. The molecule has 0 radical (unpaired) electrons. The van der Waals surface area contributed by atoms with E-state index >= 15 is 0 Å². The maximum Gasteiger partial charge on any atom is 0.178 e. The second kappa shape index (κ2) is 4.90. The lowest BCUT2D eigenvalue weighted by atomic mass is 9.46. The van der Waals surface area contributed by atoms with Gasteiger partial charge < -0.3 is 5.11 Å². The van der Waals surface area contributed by atoms with E-state index in [1.165, 1.54) is 0 Å². The van der Waals surface area contributed by atoms with Gasteiger partial charge in [-0.2, -0.15) is 0 Å². The summed E-state index contributed by atoms with van der Waals surface area (Å²) in [6.45, 7) is 6.31. The Bertz CT molecular complexity index is 667. The molecular weight excluding hydrogens is 343 g/mol. The number of aliphatic hydroxyl groups is 1. The first-order valence-corrected chi connectivity index (χ1v) is 9.87. The summed E-state index contributed by atoms with van der Waals surface area (Å²) in [6, 6.07) is 0. The molecule has 0 aromatic heterocycles. The van der Waals surface area contributed by atoms with Gasteiger partial charge in [0.15, 0.2) is 5.78 Å². The standard InChI is InChI=1S/C20H26Cl2O2/c1-17-8-6-13(23)10-12(17)4-5-15-14-7-9-19(3,24)18(14,2)11-16(21)20(15,17)22/h6,8,10,14-16,24H,4-5,7,9,11H2,1-3H3/t14-,15-,16+,17-,18-,19-,20-/m0/s1. The van der Waals surface area contributed by atoms with Crippen LogP contribution in [-0.4, -0.2) is 26.7 Å². The van der Waals surface area contributed by atoms with Crippen molar-refractivity contribution in [2.45, 2.75) is 68.7 Å². The topological polar surface area (TPSA) is 37.3 Å². The number of halogens is 2. The molecule has 0 aliphatic heterocycles. The summed E-state index contributed by atoms with van der Waals surface area (Å²) < 4.78 is 0. The number of hydrogen-bond acceptors (Lipinski definition) is 2. The van der Waals surface area contributed by atoms with Crippen LogP contribution >= 0.6 is 23.2 Å². The second-order valence-electron chi connectivity index (χ2n) is 9.03. The Labute approximate surface area is 154 Å². The summed E-state index contributed by atoms with van der Waals surface area (Å²) in [4.78, 5) is 11.3. The number of alkyl halides is 2. The van der Waals surface area contributed by atoms with Crippen LogP contribution in [0.3, 0.4) is 0 Å². The Morgan fingerprint density at radius 1 is 1.21 bits per heavy atom. The van der Waals surface area contributed by atoms with Gasteiger partial charge in [-0.3, -0.25) is 4.79 Å². The number of ketones is 1. The van der Waals surface area contributed by atoms with Crippen LogP contribution in [0, 0.1) is 22.7 Å². The van der Waals surface area contributed by atoms with Crippen molar-refractivity contribution < 1.29 is 9.90 Å². The van der Waals surface area contributed by atoms with Gasteiger partial charge in [-0.15, -0.1) is 23.2 Å². The molecule has 3 saturated carbocycles. The largest absolute Gasteiger partial charge is 0.390 e. The molecule has 0 heterocycles. The second-order valence-corrected chi connectivity index (χ2v) is 10.2. The molecule has 7 atom stereocenters. The van der Waals surface area contributed by atoms with Crippen LogP contribution < -0.4 is 0 Å². The van der Waals surface area contributed by atoms with Crippen molar-refractivity contribution in [2.24, 2.45) is 22.7 Å². The molecule has 0 bridgehead atoms. The van der Waals surface area contributed by atoms with Gasteiger partial charge in [0.2, 0.25) is 0 Å². The maximum atomic E-state index is 11.9. The first-order valence-electron chi connectivity index (χ1n) is 9.06. The van der Waals surface area contributed by atoms with Crippen LogP contribution in [0.4, 0.5) is 0 Å². The molecule has 1 N–H and O–H groups in total. The van der Waals surface area contributed by atoms with Crippen molar-refractivity contribution in [2.75, 3.05) is 0 Å². The fraction of sp³-hybridized carbons (Fsp3) is 0.750. The van der Waals surface area contributed by atoms with E-state index < -0.39 is 10.5 Å². The van der Waals surface area contributed by atoms with Crippen LogP contribution in [-0.2, 0) is 4.79 Å². The zero-order valence-corrected chi connectivity index (χ0v) is 16.1. The lowest BCUT2D eigenvalue weighted by molar-refractivity contribution is -0.111. The van der Waals surface area contributed by atoms with Gasteiger partial charge >= 0.3 is 0 Å². The van der Waals surface area contributed by atoms with Gasteiger partial charge in [-0.1, -0.05) is 25.5 Å². The van der Waals surface area contributed by atoms with E-state index in [-0.39, 0.29) is 27.9 Å². The molecule has 0 amide bonds. The monoisotopic (exact) mass is 368 g/mol. The van der Waals surface area contributed by atoms with Crippen LogP contribution in [0.5, 0.6) is 0 Å². The van der Waals surface area contributed by atoms with Crippen molar-refractivity contribution in [3.63, 3.8) is 0 Å². The molecule has 0 aromatic carbocycles. The third-order valence-corrected chi connectivity index (χ3v) is 9.71. The molecule has 0 aromatic rings. The van der Waals surface area contributed by atoms with Crippen molar-refractivity contribution in [3.8, 4) is 0 Å². The summed E-state index contributed by atoms with van der Waals surface area (Å²) in [5.41, 5.74) is -0.125. The zero-order valence-electron chi connectivity index (χ0n) is 14.6. The SMILES string of the molecule is C[C@]1(O)CC[C@H]2[C@@H]3CCC4=CC(=O)C=C[C@]4(C)[C@@]3(Cl)[C@H](Cl)C[C@@]21C. The zero-order chi connectivity index (χ0) is 17.5. The average molecular weight is 369 g/mol. The summed E-state index contributed by atoms with van der Waals surface area (Å²) >= 11 is 14.4. The smallest absolute Gasteiger partial charge is 0.178 e. The van der Waals surface area contributed by atoms with Gasteiger partial charge in [0.25, 0.3) is 0 Å². The maximum absolute atomic E-state index is 11.9. The van der Waals surface area contributed by atoms with E-state index in [1.54, 1.807) is 12.2 Å². The molecule has 4 heteroatoms. The van der Waals surface area contributed by atoms with Gasteiger partial charge in [-0.25, -0.2) is 0 Å². The normalized spacial score (nSPS) is 56.3. The third-order valence-electron chi connectivity index (χ3n) is 8.16. The highest BCUT2D eigenvalue weighted by Crippen LogP contribution is 2.71. The summed E-state index contributed by atoms with van der Waals surface area (Å²) in [5, 5.41) is 10.8. The minimum Gasteiger partial charge on any atom is -0.390 e. The van der Waals surface area contributed by atoms with Crippen LogP contribution in [0.2, 0.25) is 0 Å². The first-order chi connectivity index (χ1) is 11.1. The van der Waals surface area contributed by atoms with Crippen LogP contribution in [0.1, 0.15) is 52.9 Å². The predicted octanol–water partition coefficient (Wildman–Crippen LogP) is 4.62. The fourth-order valence-corrected chi connectivity index (χ4v) is 7.60. The molecule has 0 saturated heterocycles. The Morgan fingerprint density at radius 3 is 2.62 bits per heavy atom. The lowest BCUT2D eigenvalue weighted by Gasteiger charge is -2.63. The highest BCUT2D eigenvalue weighted by molar-refractivity contribution is 6.34. The highest BCUT2D eigenvalue weighted by Gasteiger charge is 2.70. The number of fused-ring (bicyclic) bond motifs is 5. The van der Waals surface area contributed by atoms with Crippen molar-refractivity contribution in [1.29, 1.82) is 0 Å². The Balaban J connectivity index is 1.84. The van der Waals surface area contributed by atoms with Crippen LogP contribution in [0.25, 0.3) is 0 Å². The van der Waals surface area contributed by atoms with Crippen molar-refractivity contribution in [3.05, 3.63) is 23.8 Å². The molecule has 4 rings (SSSR count). The lowest BCUT2D eigenvalue weighted by Crippen LogP contribution is -2.66. The number of hydrogen-bond donors (Lipinski definition) is 1. The number of carbonyl (C=O) groups is 1. The van der Waals surface area contributed by atoms with Gasteiger partial charge in [0, 0.05) is 10.8 Å². The highest BCUT2D eigenvalue weighted by atomic mass is 35.5. The molecule has 24 heavy (non-hydrogen) atoms. The minimum atomic E-state index is -0.682. The third kappa shape index (κ3) is 1.81. The molecule has 4 aliphatic rings. The molecule has 2 nitrogen and oxygen atoms in total. The van der Waals surface area contributed by atoms with Crippen molar-refractivity contribution in [1.82, 2.24) is 0 Å². The molecule has 132 valence electrons. The van der Waals surface area contributed by atoms with Gasteiger partial charge in [0.1, 0.15) is 0 Å². The van der Waals surface area contributed by atoms with Crippen molar-refractivity contribution >= 4 is 29.0 Å². The van der Waals surface area contributed by atoms with Crippen LogP contribution in [0.15, 0.2) is 23.8 Å². The van der Waals surface area contributed by atoms with Gasteiger partial charge in [0.05, 0.1) is 15.9 Å². The molecule has 0 unspecified atom stereocenters. The molecule has 3 fully saturated rings. The van der Waals surface area contributed by atoms with E-state index in [1.807, 2.05) is 13.0 Å². The van der Waals surface area contributed by atoms with Gasteiger partial charge in [-0.05, 0) is 63.0 Å². The molecule has 0 spiro atoms. The molecule has 4 aliphatic carbocycles. The summed E-state index contributed by atoms with van der Waals surface area (Å²) in [7, 11) is 0. The van der Waals surface area contributed by atoms with E-state index in [2.05, 4.69) is 13.8 Å². The van der Waals surface area contributed by atoms with E-state index in [9.17, 15) is 9.90 Å². The predicted molar refractivity (Wildman–Crippen MR) is 97.4 cm³/mol. The Kier molecular flexibility index (Phi) is 3.49. The summed E-state index contributed by atoms with van der Waals surface area (Å²) in [5.74, 6) is 0.690. The first kappa shape index (κ1) is 17.1. The molecular formula is C20H26Cl2O2. The van der Waals surface area contributed by atoms with E-state index in [0.29, 0.717) is 5.92 Å². The number of allylic oxidation sites excluding steroid dienone is 4.